The molecule has 1 fully saturated rings. The number of para-hydroxylation sites is 1. The van der Waals surface area contributed by atoms with Crippen molar-refractivity contribution in [3.8, 4) is 0 Å². The second-order valence-electron chi connectivity index (χ2n) is 5.83. The second kappa shape index (κ2) is 4.64. The molecule has 2 aliphatic rings. The van der Waals surface area contributed by atoms with Gasteiger partial charge in [0.05, 0.1) is 0 Å². The maximum absolute atomic E-state index is 12.8. The fourth-order valence-electron chi connectivity index (χ4n) is 3.28. The fraction of sp³-hybridized carbons (Fsp3) is 0.562. The number of ether oxygens (including phenoxy) is 1. The van der Waals surface area contributed by atoms with Gasteiger partial charge < -0.3 is 9.64 Å². The van der Waals surface area contributed by atoms with E-state index < -0.39 is 5.60 Å². The third-order valence-corrected chi connectivity index (χ3v) is 4.34. The van der Waals surface area contributed by atoms with E-state index in [1.54, 1.807) is 0 Å². The number of nitrogens with zero attached hydrogens (tertiary/aromatic N) is 1. The van der Waals surface area contributed by atoms with Gasteiger partial charge in [-0.15, -0.1) is 0 Å². The third-order valence-electron chi connectivity index (χ3n) is 4.34. The Morgan fingerprint density at radius 3 is 2.95 bits per heavy atom. The molecule has 3 nitrogen and oxygen atoms in total. The minimum Gasteiger partial charge on any atom is -0.365 e. The van der Waals surface area contributed by atoms with Gasteiger partial charge in [0, 0.05) is 18.8 Å². The van der Waals surface area contributed by atoms with E-state index in [1.807, 2.05) is 11.8 Å². The largest absolute Gasteiger partial charge is 0.365 e. The summed E-state index contributed by atoms with van der Waals surface area (Å²) < 4.78 is 5.72. The van der Waals surface area contributed by atoms with E-state index in [0.29, 0.717) is 6.61 Å². The van der Waals surface area contributed by atoms with Crippen LogP contribution in [0.25, 0.3) is 0 Å². The first-order chi connectivity index (χ1) is 9.12. The van der Waals surface area contributed by atoms with Crippen LogP contribution in [0.3, 0.4) is 0 Å². The molecule has 1 amide bonds. The van der Waals surface area contributed by atoms with Gasteiger partial charge in [0.1, 0.15) is 5.60 Å². The average molecular weight is 259 g/mol. The zero-order valence-corrected chi connectivity index (χ0v) is 11.7. The van der Waals surface area contributed by atoms with Crippen molar-refractivity contribution in [3.05, 3.63) is 29.3 Å². The van der Waals surface area contributed by atoms with Crippen molar-refractivity contribution in [2.24, 2.45) is 0 Å². The molecule has 2 heterocycles. The molecule has 0 radical (unpaired) electrons. The number of aryl methyl sites for hydroxylation is 2. The highest BCUT2D eigenvalue weighted by Crippen LogP contribution is 2.35. The Morgan fingerprint density at radius 2 is 2.21 bits per heavy atom. The summed E-state index contributed by atoms with van der Waals surface area (Å²) in [5.41, 5.74) is 2.99. The maximum atomic E-state index is 12.8. The average Bonchev–Trinajstić information content (AvgIpc) is 2.86. The third kappa shape index (κ3) is 2.06. The molecule has 0 N–H and O–H groups in total. The lowest BCUT2D eigenvalue weighted by molar-refractivity contribution is -0.136. The lowest BCUT2D eigenvalue weighted by Crippen LogP contribution is -2.49. The van der Waals surface area contributed by atoms with Gasteiger partial charge >= 0.3 is 0 Å². The van der Waals surface area contributed by atoms with Crippen molar-refractivity contribution in [2.75, 3.05) is 18.1 Å². The number of amides is 1. The molecule has 0 saturated carbocycles. The van der Waals surface area contributed by atoms with Crippen molar-refractivity contribution in [2.45, 2.75) is 45.1 Å². The molecule has 3 rings (SSSR count). The Bertz CT molecular complexity index is 503. The predicted molar refractivity (Wildman–Crippen MR) is 75.4 cm³/mol. The summed E-state index contributed by atoms with van der Waals surface area (Å²) in [5.74, 6) is 0.139. The van der Waals surface area contributed by atoms with Crippen molar-refractivity contribution < 1.29 is 9.53 Å². The van der Waals surface area contributed by atoms with Crippen LogP contribution in [0.5, 0.6) is 0 Å². The standard InChI is InChI=1S/C16H21NO2/c1-12-6-3-7-13-8-4-10-17(14(12)13)15(18)16(2)9-5-11-19-16/h3,6-7H,4-5,8-11H2,1-2H3. The molecule has 1 atom stereocenters. The Balaban J connectivity index is 1.97. The molecule has 0 aliphatic carbocycles. The van der Waals surface area contributed by atoms with Gasteiger partial charge in [-0.1, -0.05) is 18.2 Å². The van der Waals surface area contributed by atoms with Gasteiger partial charge in [-0.05, 0) is 50.7 Å². The Labute approximate surface area is 114 Å². The fourth-order valence-corrected chi connectivity index (χ4v) is 3.28. The summed E-state index contributed by atoms with van der Waals surface area (Å²) in [7, 11) is 0. The summed E-state index contributed by atoms with van der Waals surface area (Å²) in [6.07, 6.45) is 3.93. The lowest BCUT2D eigenvalue weighted by Gasteiger charge is -2.36. The summed E-state index contributed by atoms with van der Waals surface area (Å²) in [5, 5.41) is 0. The summed E-state index contributed by atoms with van der Waals surface area (Å²) in [6, 6.07) is 6.30. The molecule has 0 spiro atoms. The van der Waals surface area contributed by atoms with Crippen LogP contribution in [-0.2, 0) is 16.0 Å². The van der Waals surface area contributed by atoms with Gasteiger partial charge in [-0.2, -0.15) is 0 Å². The maximum Gasteiger partial charge on any atom is 0.258 e. The van der Waals surface area contributed by atoms with E-state index in [4.69, 9.17) is 4.74 Å². The first kappa shape index (κ1) is 12.7. The van der Waals surface area contributed by atoms with Crippen molar-refractivity contribution >= 4 is 11.6 Å². The van der Waals surface area contributed by atoms with Crippen LogP contribution in [0, 0.1) is 6.92 Å². The normalized spacial score (nSPS) is 26.3. The Kier molecular flexibility index (Phi) is 3.09. The van der Waals surface area contributed by atoms with E-state index in [-0.39, 0.29) is 5.91 Å². The van der Waals surface area contributed by atoms with Gasteiger partial charge in [-0.25, -0.2) is 0 Å². The number of carbonyl (C=O) groups excluding carboxylic acids is 1. The summed E-state index contributed by atoms with van der Waals surface area (Å²) >= 11 is 0. The summed E-state index contributed by atoms with van der Waals surface area (Å²) in [4.78, 5) is 14.8. The first-order valence-electron chi connectivity index (χ1n) is 7.16. The highest BCUT2D eigenvalue weighted by Gasteiger charge is 2.42. The molecule has 1 aromatic carbocycles. The molecule has 0 bridgehead atoms. The number of benzene rings is 1. The molecule has 1 saturated heterocycles. The zero-order valence-electron chi connectivity index (χ0n) is 11.7. The van der Waals surface area contributed by atoms with Crippen LogP contribution >= 0.6 is 0 Å². The van der Waals surface area contributed by atoms with Crippen LogP contribution in [0.2, 0.25) is 0 Å². The molecule has 1 unspecified atom stereocenters. The molecule has 0 aromatic heterocycles. The Morgan fingerprint density at radius 1 is 1.37 bits per heavy atom. The predicted octanol–water partition coefficient (Wildman–Crippen LogP) is 2.84. The van der Waals surface area contributed by atoms with E-state index in [1.165, 1.54) is 11.1 Å². The number of anilines is 1. The van der Waals surface area contributed by atoms with E-state index in [0.717, 1.165) is 37.9 Å². The van der Waals surface area contributed by atoms with E-state index in [9.17, 15) is 4.79 Å². The van der Waals surface area contributed by atoms with Crippen molar-refractivity contribution in [1.29, 1.82) is 0 Å². The van der Waals surface area contributed by atoms with Crippen LogP contribution in [-0.4, -0.2) is 24.7 Å². The van der Waals surface area contributed by atoms with Crippen molar-refractivity contribution in [3.63, 3.8) is 0 Å². The summed E-state index contributed by atoms with van der Waals surface area (Å²) in [6.45, 7) is 5.55. The first-order valence-corrected chi connectivity index (χ1v) is 7.16. The van der Waals surface area contributed by atoms with Crippen LogP contribution < -0.4 is 4.90 Å². The highest BCUT2D eigenvalue weighted by atomic mass is 16.5. The quantitative estimate of drug-likeness (QED) is 0.776. The minimum atomic E-state index is -0.614. The van der Waals surface area contributed by atoms with Crippen molar-refractivity contribution in [1.82, 2.24) is 0 Å². The van der Waals surface area contributed by atoms with E-state index >= 15 is 0 Å². The zero-order chi connectivity index (χ0) is 13.5. The molecule has 102 valence electrons. The number of hydrogen-bond donors (Lipinski definition) is 0. The highest BCUT2D eigenvalue weighted by molar-refractivity contribution is 6.01. The van der Waals surface area contributed by atoms with Gasteiger partial charge in [0.25, 0.3) is 5.91 Å². The smallest absolute Gasteiger partial charge is 0.258 e. The topological polar surface area (TPSA) is 29.5 Å². The molecular weight excluding hydrogens is 238 g/mol. The number of rotatable bonds is 1. The molecular formula is C16H21NO2. The van der Waals surface area contributed by atoms with Crippen LogP contribution in [0.15, 0.2) is 18.2 Å². The second-order valence-corrected chi connectivity index (χ2v) is 5.83. The van der Waals surface area contributed by atoms with Gasteiger partial charge in [-0.3, -0.25) is 4.79 Å². The van der Waals surface area contributed by atoms with E-state index in [2.05, 4.69) is 25.1 Å². The minimum absolute atomic E-state index is 0.139. The number of fused-ring (bicyclic) bond motifs is 1. The Hall–Kier alpha value is -1.35. The lowest BCUT2D eigenvalue weighted by atomic mass is 9.94. The van der Waals surface area contributed by atoms with Crippen LogP contribution in [0.4, 0.5) is 5.69 Å². The molecule has 1 aromatic rings. The monoisotopic (exact) mass is 259 g/mol. The SMILES string of the molecule is Cc1cccc2c1N(C(=O)C1(C)CCCO1)CCC2. The van der Waals surface area contributed by atoms with Gasteiger partial charge in [0.2, 0.25) is 0 Å². The van der Waals surface area contributed by atoms with Crippen LogP contribution in [0.1, 0.15) is 37.3 Å². The number of hydrogen-bond acceptors (Lipinski definition) is 2. The molecule has 3 heteroatoms. The molecule has 2 aliphatic heterocycles. The van der Waals surface area contributed by atoms with Gasteiger partial charge in [0.15, 0.2) is 0 Å². The number of carbonyl (C=O) groups is 1. The molecule has 19 heavy (non-hydrogen) atoms.